The van der Waals surface area contributed by atoms with Crippen LogP contribution in [-0.2, 0) is 47.0 Å². The fraction of sp³-hybridized carbons (Fsp3) is 0.740. The number of nitrogens with zero attached hydrogens (tertiary/aromatic N) is 14. The van der Waals surface area contributed by atoms with E-state index >= 15 is 0 Å². The van der Waals surface area contributed by atoms with Crippen LogP contribution >= 0.6 is 0 Å². The molecule has 6 heterocycles. The third-order valence-electron chi connectivity index (χ3n) is 24.4. The predicted octanol–water partition coefficient (Wildman–Crippen LogP) is 26.7. The molecule has 2 aromatic carbocycles. The van der Waals surface area contributed by atoms with Gasteiger partial charge in [-0.3, -0.25) is 9.98 Å². The van der Waals surface area contributed by atoms with Crippen LogP contribution < -0.4 is 0 Å². The summed E-state index contributed by atoms with van der Waals surface area (Å²) in [6, 6.07) is 19.5. The van der Waals surface area contributed by atoms with E-state index in [1.165, 1.54) is 122 Å². The molecule has 2 fully saturated rings. The number of benzene rings is 2. The molecule has 120 heavy (non-hydrogen) atoms. The van der Waals surface area contributed by atoms with Crippen molar-refractivity contribution in [3.8, 4) is 0 Å². The molecule has 12 rings (SSSR count). The number of aryl methyl sites for hydroxylation is 2. The van der Waals surface area contributed by atoms with E-state index in [-0.39, 0.29) is 35.3 Å². The highest BCUT2D eigenvalue weighted by Crippen LogP contribution is 2.47. The molecule has 0 radical (unpaired) electrons. The first kappa shape index (κ1) is 101. The van der Waals surface area contributed by atoms with E-state index in [0.29, 0.717) is 110 Å². The van der Waals surface area contributed by atoms with Crippen molar-refractivity contribution >= 4 is 11.4 Å². The van der Waals surface area contributed by atoms with Gasteiger partial charge in [0.05, 0.1) is 48.1 Å². The minimum absolute atomic E-state index is 0.0726. The number of alkyl halides is 4. The first-order valence-corrected chi connectivity index (χ1v) is 47.1. The lowest BCUT2D eigenvalue weighted by atomic mass is 9.77. The Morgan fingerprint density at radius 3 is 1.03 bits per heavy atom. The average Bonchev–Trinajstić information content (AvgIpc) is 1.60. The second-order valence-electron chi connectivity index (χ2n) is 40.0. The van der Waals surface area contributed by atoms with Gasteiger partial charge in [-0.1, -0.05) is 215 Å². The molecule has 0 N–H and O–H groups in total. The van der Waals surface area contributed by atoms with Gasteiger partial charge < -0.3 is 9.47 Å². The Labute approximate surface area is 723 Å². The number of aliphatic imine (C=N–C) groups is 2. The van der Waals surface area contributed by atoms with Crippen LogP contribution in [0.25, 0.3) is 0 Å². The van der Waals surface area contributed by atoms with E-state index in [0.717, 1.165) is 88.1 Å². The standard InChI is InChI=1S/2C27H41NO.2C15H25F2N3.2C8H15N3/c2*1-19(2)9-10-22-11-13-23(14-12-22)27-26-8-6-7-24(29-18-20(3)4)15-16-25(26)21(5)17-28-27;2*1-10(2)9-12-7-5-6-8-13-14(15(12,16)17)18-19-20(13)11(3)4;2*1-6(2)8-5-11(7(3)4)10-9-8/h2*11-14,19-20,24,26H,6-10,15-18H2,1-5H3;2*10-12H,5-9H2,1-4H3;2*5-7H,1-4H3. The molecule has 20 heteroatoms. The molecule has 0 bridgehead atoms. The number of ether oxygens (including phenoxy) is 2. The van der Waals surface area contributed by atoms with Crippen LogP contribution in [0.2, 0.25) is 0 Å². The van der Waals surface area contributed by atoms with Crippen LogP contribution in [0.4, 0.5) is 17.6 Å². The topological polar surface area (TPSA) is 166 Å². The molecule has 0 saturated heterocycles. The number of dihydropyridines is 2. The van der Waals surface area contributed by atoms with Gasteiger partial charge in [-0.2, -0.15) is 17.6 Å². The highest BCUT2D eigenvalue weighted by molar-refractivity contribution is 6.05. The lowest BCUT2D eigenvalue weighted by molar-refractivity contribution is -0.0823. The number of allylic oxidation sites excluding steroid dienone is 2. The molecule has 4 aromatic heterocycles. The van der Waals surface area contributed by atoms with Crippen molar-refractivity contribution in [2.24, 2.45) is 69.2 Å². The first-order chi connectivity index (χ1) is 56.8. The summed E-state index contributed by atoms with van der Waals surface area (Å²) in [6.45, 7) is 59.0. The van der Waals surface area contributed by atoms with Gasteiger partial charge in [0, 0.05) is 84.9 Å². The van der Waals surface area contributed by atoms with Crippen LogP contribution in [-0.4, -0.2) is 110 Å². The zero-order valence-corrected chi connectivity index (χ0v) is 79.6. The Morgan fingerprint density at radius 1 is 0.383 bits per heavy atom. The number of hydrogen-bond acceptors (Lipinski definition) is 12. The molecule has 0 amide bonds. The van der Waals surface area contributed by atoms with Gasteiger partial charge in [0.1, 0.15) is 0 Å². The number of halogens is 4. The van der Waals surface area contributed by atoms with E-state index in [9.17, 15) is 17.6 Å². The minimum atomic E-state index is -2.85. The van der Waals surface area contributed by atoms with Crippen molar-refractivity contribution in [2.45, 2.75) is 394 Å². The zero-order chi connectivity index (χ0) is 88.3. The van der Waals surface area contributed by atoms with Crippen LogP contribution in [0.15, 0.2) is 93.2 Å². The van der Waals surface area contributed by atoms with Gasteiger partial charge >= 0.3 is 0 Å². The van der Waals surface area contributed by atoms with Crippen molar-refractivity contribution < 1.29 is 27.0 Å². The molecule has 16 nitrogen and oxygen atoms in total. The summed E-state index contributed by atoms with van der Waals surface area (Å²) in [5, 5.41) is 31.8. The Morgan fingerprint density at radius 2 is 0.742 bits per heavy atom. The Kier molecular flexibility index (Phi) is 40.8. The predicted molar refractivity (Wildman–Crippen MR) is 488 cm³/mol. The molecule has 4 aliphatic carbocycles. The van der Waals surface area contributed by atoms with Crippen molar-refractivity contribution in [2.75, 3.05) is 26.3 Å². The fourth-order valence-corrected chi connectivity index (χ4v) is 17.2. The molecular formula is C100H162F4N14O2. The molecule has 6 aromatic rings. The molecule has 6 aliphatic rings. The second-order valence-corrected chi connectivity index (χ2v) is 40.0. The average molecular weight is 1670 g/mol. The molecule has 672 valence electrons. The largest absolute Gasteiger partial charge is 0.378 e. The lowest BCUT2D eigenvalue weighted by Gasteiger charge is -2.32. The second kappa shape index (κ2) is 48.7. The summed E-state index contributed by atoms with van der Waals surface area (Å²) in [7, 11) is 0. The molecular weight excluding hydrogens is 1510 g/mol. The van der Waals surface area contributed by atoms with Crippen LogP contribution in [0.1, 0.15) is 401 Å². The summed E-state index contributed by atoms with van der Waals surface area (Å²) in [5.41, 5.74) is 17.8. The third kappa shape index (κ3) is 30.4. The van der Waals surface area contributed by atoms with Gasteiger partial charge in [0.15, 0.2) is 11.4 Å². The van der Waals surface area contributed by atoms with Crippen LogP contribution in [0, 0.1) is 59.2 Å². The van der Waals surface area contributed by atoms with E-state index in [1.807, 2.05) is 77.1 Å². The first-order valence-electron chi connectivity index (χ1n) is 47.1. The summed E-state index contributed by atoms with van der Waals surface area (Å²) in [4.78, 5) is 10.1. The summed E-state index contributed by atoms with van der Waals surface area (Å²) >= 11 is 0. The molecule has 0 spiro atoms. The van der Waals surface area contributed by atoms with Gasteiger partial charge in [-0.05, 0) is 280 Å². The highest BCUT2D eigenvalue weighted by Gasteiger charge is 2.48. The summed E-state index contributed by atoms with van der Waals surface area (Å²) in [5.74, 6) is -1.66. The smallest absolute Gasteiger partial charge is 0.296 e. The van der Waals surface area contributed by atoms with E-state index in [4.69, 9.17) is 19.5 Å². The van der Waals surface area contributed by atoms with Gasteiger partial charge in [0.25, 0.3) is 11.8 Å². The summed E-state index contributed by atoms with van der Waals surface area (Å²) in [6.07, 6.45) is 28.9. The van der Waals surface area contributed by atoms with E-state index in [2.05, 4.69) is 214 Å². The number of rotatable bonds is 24. The number of aromatic nitrogens is 12. The maximum atomic E-state index is 14.8. The van der Waals surface area contributed by atoms with Gasteiger partial charge in [0.2, 0.25) is 0 Å². The normalized spacial score (nSPS) is 20.8. The SMILES string of the molecule is CC(C)CC1CCCCc2c(nnn2C(C)C)C1(F)F.CC(C)CC1CCCCc2c(nnn2C(C)C)C1(F)F.CC(C)c1cn(C(C)C)nn1.CC(C)c1cn(C(C)C)nn1.CC1=C2CCC(OCC(C)C)CCCC2C(c2ccc(CCC(C)C)cc2)=NC1.CC1=C2CCC(OCC(C)C)CCCC2C(c2ccc(CCC(C)C)cc2)=NC1. The Balaban J connectivity index is 0.000000205. The highest BCUT2D eigenvalue weighted by atomic mass is 19.3. The molecule has 2 saturated carbocycles. The maximum absolute atomic E-state index is 14.8. The lowest BCUT2D eigenvalue weighted by Crippen LogP contribution is -2.30. The number of hydrogen-bond donors (Lipinski definition) is 0. The zero-order valence-electron chi connectivity index (χ0n) is 79.6. The fourth-order valence-electron chi connectivity index (χ4n) is 17.2. The Bertz CT molecular complexity index is 3780. The van der Waals surface area contributed by atoms with Crippen LogP contribution in [0.3, 0.4) is 0 Å². The van der Waals surface area contributed by atoms with Gasteiger partial charge in [-0.25, -0.2) is 18.7 Å². The van der Waals surface area contributed by atoms with E-state index in [1.54, 1.807) is 20.5 Å². The summed E-state index contributed by atoms with van der Waals surface area (Å²) < 4.78 is 78.8. The van der Waals surface area contributed by atoms with Gasteiger partial charge in [-0.15, -0.1) is 20.4 Å². The Hall–Kier alpha value is -6.54. The minimum Gasteiger partial charge on any atom is -0.378 e. The van der Waals surface area contributed by atoms with Crippen molar-refractivity contribution in [1.82, 2.24) is 60.0 Å². The quantitative estimate of drug-likeness (QED) is 0.0420. The van der Waals surface area contributed by atoms with Crippen molar-refractivity contribution in [3.05, 3.63) is 140 Å². The van der Waals surface area contributed by atoms with E-state index < -0.39 is 23.7 Å². The van der Waals surface area contributed by atoms with Crippen molar-refractivity contribution in [1.29, 1.82) is 0 Å². The third-order valence-corrected chi connectivity index (χ3v) is 24.4. The maximum Gasteiger partial charge on any atom is 0.296 e. The number of fused-ring (bicyclic) bond motifs is 4. The molecule has 6 atom stereocenters. The van der Waals surface area contributed by atoms with Crippen LogP contribution in [0.5, 0.6) is 0 Å². The molecule has 2 aliphatic heterocycles. The van der Waals surface area contributed by atoms with Crippen molar-refractivity contribution in [3.63, 3.8) is 0 Å². The monoisotopic (exact) mass is 1670 g/mol. The molecule has 6 unspecified atom stereocenters.